The minimum Gasteiger partial charge on any atom is -0.399 e. The molecule has 3 rings (SSSR count). The molecule has 0 radical (unpaired) electrons. The summed E-state index contributed by atoms with van der Waals surface area (Å²) in [6.07, 6.45) is -3.84. The molecule has 0 atom stereocenters. The fourth-order valence-corrected chi connectivity index (χ4v) is 4.02. The van der Waals surface area contributed by atoms with Crippen molar-refractivity contribution in [1.29, 1.82) is 0 Å². The van der Waals surface area contributed by atoms with Gasteiger partial charge in [0.2, 0.25) is 0 Å². The number of carbonyl (C=O) groups is 2. The zero-order valence-corrected chi connectivity index (χ0v) is 19.4. The molecular formula is C24H30F3N5O2. The third kappa shape index (κ3) is 5.92. The molecule has 3 amide bonds. The number of benzene rings is 2. The van der Waals surface area contributed by atoms with Gasteiger partial charge in [-0.3, -0.25) is 4.79 Å². The van der Waals surface area contributed by atoms with Gasteiger partial charge in [-0.15, -0.1) is 0 Å². The van der Waals surface area contributed by atoms with Crippen LogP contribution in [0.1, 0.15) is 36.2 Å². The zero-order valence-electron chi connectivity index (χ0n) is 19.4. The number of urea groups is 1. The highest BCUT2D eigenvalue weighted by Gasteiger charge is 2.31. The van der Waals surface area contributed by atoms with E-state index in [2.05, 4.69) is 5.32 Å². The van der Waals surface area contributed by atoms with Crippen LogP contribution in [0.4, 0.5) is 35.0 Å². The molecule has 1 heterocycles. The molecular weight excluding hydrogens is 447 g/mol. The predicted molar refractivity (Wildman–Crippen MR) is 127 cm³/mol. The first-order valence-electron chi connectivity index (χ1n) is 11.3. The summed E-state index contributed by atoms with van der Waals surface area (Å²) >= 11 is 0. The molecule has 2 aromatic rings. The molecule has 1 aliphatic rings. The molecule has 0 spiro atoms. The quantitative estimate of drug-likeness (QED) is 0.621. The van der Waals surface area contributed by atoms with E-state index in [4.69, 9.17) is 5.73 Å². The number of nitrogens with one attached hydrogen (secondary N) is 1. The Morgan fingerprint density at radius 3 is 2.44 bits per heavy atom. The molecule has 1 saturated heterocycles. The lowest BCUT2D eigenvalue weighted by atomic mass is 10.1. The maximum atomic E-state index is 13.1. The van der Waals surface area contributed by atoms with Gasteiger partial charge in [-0.05, 0) is 56.7 Å². The van der Waals surface area contributed by atoms with Crippen LogP contribution >= 0.6 is 0 Å². The number of nitrogens with two attached hydrogens (primary N) is 1. The minimum atomic E-state index is -4.48. The van der Waals surface area contributed by atoms with Gasteiger partial charge >= 0.3 is 12.2 Å². The summed E-state index contributed by atoms with van der Waals surface area (Å²) in [4.78, 5) is 31.2. The molecule has 0 aliphatic carbocycles. The lowest BCUT2D eigenvalue weighted by molar-refractivity contribution is -0.137. The molecule has 7 nitrogen and oxygen atoms in total. The van der Waals surface area contributed by atoms with Crippen LogP contribution in [0.5, 0.6) is 0 Å². The number of halogens is 3. The van der Waals surface area contributed by atoms with Crippen LogP contribution in [0.25, 0.3) is 0 Å². The van der Waals surface area contributed by atoms with Gasteiger partial charge < -0.3 is 25.8 Å². The van der Waals surface area contributed by atoms with E-state index in [0.717, 1.165) is 17.8 Å². The maximum Gasteiger partial charge on any atom is 0.416 e. The molecule has 0 aromatic heterocycles. The van der Waals surface area contributed by atoms with Gasteiger partial charge in [0.15, 0.2) is 0 Å². The summed E-state index contributed by atoms with van der Waals surface area (Å²) in [6.45, 7) is 6.87. The SMILES string of the molecule is CCN(CC)C(=O)c1cc(N)ccc1N1CCCN(C(=O)Nc2cccc(C(F)(F)F)c2)CC1. The Labute approximate surface area is 197 Å². The van der Waals surface area contributed by atoms with Gasteiger partial charge in [-0.25, -0.2) is 4.79 Å². The molecule has 34 heavy (non-hydrogen) atoms. The van der Waals surface area contributed by atoms with Crippen molar-refractivity contribution in [3.8, 4) is 0 Å². The molecule has 3 N–H and O–H groups in total. The number of nitrogen functional groups attached to an aromatic ring is 1. The summed E-state index contributed by atoms with van der Waals surface area (Å²) < 4.78 is 38.9. The highest BCUT2D eigenvalue weighted by atomic mass is 19.4. The Bertz CT molecular complexity index is 1020. The van der Waals surface area contributed by atoms with E-state index in [1.54, 1.807) is 21.9 Å². The lowest BCUT2D eigenvalue weighted by Crippen LogP contribution is -2.38. The third-order valence-electron chi connectivity index (χ3n) is 5.87. The van der Waals surface area contributed by atoms with Crippen LogP contribution < -0.4 is 16.0 Å². The smallest absolute Gasteiger partial charge is 0.399 e. The molecule has 1 fully saturated rings. The topological polar surface area (TPSA) is 81.9 Å². The monoisotopic (exact) mass is 477 g/mol. The van der Waals surface area contributed by atoms with Crippen molar-refractivity contribution in [2.24, 2.45) is 0 Å². The van der Waals surface area contributed by atoms with Crippen molar-refractivity contribution in [3.63, 3.8) is 0 Å². The van der Waals surface area contributed by atoms with E-state index in [1.807, 2.05) is 24.8 Å². The maximum absolute atomic E-state index is 13.1. The second-order valence-corrected chi connectivity index (χ2v) is 8.09. The molecule has 2 aromatic carbocycles. The fraction of sp³-hybridized carbons (Fsp3) is 0.417. The van der Waals surface area contributed by atoms with Crippen LogP contribution in [-0.4, -0.2) is 61.0 Å². The van der Waals surface area contributed by atoms with Crippen molar-refractivity contribution in [1.82, 2.24) is 9.80 Å². The van der Waals surface area contributed by atoms with E-state index < -0.39 is 17.8 Å². The van der Waals surface area contributed by atoms with Crippen LogP contribution in [0.15, 0.2) is 42.5 Å². The van der Waals surface area contributed by atoms with Crippen molar-refractivity contribution in [3.05, 3.63) is 53.6 Å². The van der Waals surface area contributed by atoms with Crippen LogP contribution in [0, 0.1) is 0 Å². The predicted octanol–water partition coefficient (Wildman–Crippen LogP) is 4.51. The van der Waals surface area contributed by atoms with E-state index in [1.165, 1.54) is 12.1 Å². The van der Waals surface area contributed by atoms with Crippen molar-refractivity contribution >= 4 is 29.0 Å². The number of amides is 3. The van der Waals surface area contributed by atoms with Crippen molar-refractivity contribution < 1.29 is 22.8 Å². The lowest BCUT2D eigenvalue weighted by Gasteiger charge is -2.28. The highest BCUT2D eigenvalue weighted by molar-refractivity contribution is 6.00. The first-order chi connectivity index (χ1) is 16.1. The number of rotatable bonds is 5. The molecule has 10 heteroatoms. The second kappa shape index (κ2) is 10.7. The fourth-order valence-electron chi connectivity index (χ4n) is 4.02. The Kier molecular flexibility index (Phi) is 7.90. The van der Waals surface area contributed by atoms with Gasteiger partial charge in [-0.1, -0.05) is 6.07 Å². The summed E-state index contributed by atoms with van der Waals surface area (Å²) in [5.74, 6) is -0.101. The van der Waals surface area contributed by atoms with Gasteiger partial charge in [0.1, 0.15) is 0 Å². The van der Waals surface area contributed by atoms with Crippen LogP contribution in [0.2, 0.25) is 0 Å². The average Bonchev–Trinajstić information content (AvgIpc) is 3.06. The third-order valence-corrected chi connectivity index (χ3v) is 5.87. The number of carbonyl (C=O) groups excluding carboxylic acids is 2. The Morgan fingerprint density at radius 2 is 1.76 bits per heavy atom. The standard InChI is InChI=1S/C24H30F3N5O2/c1-3-30(4-2)22(33)20-16-18(28)9-10-21(20)31-11-6-12-32(14-13-31)23(34)29-19-8-5-7-17(15-19)24(25,26)27/h5,7-10,15-16H,3-4,6,11-14,28H2,1-2H3,(H,29,34). The van der Waals surface area contributed by atoms with Gasteiger partial charge in [0, 0.05) is 56.3 Å². The molecule has 1 aliphatic heterocycles. The molecule has 0 unspecified atom stereocenters. The normalized spacial score (nSPS) is 14.5. The van der Waals surface area contributed by atoms with E-state index in [-0.39, 0.29) is 11.6 Å². The average molecular weight is 478 g/mol. The summed E-state index contributed by atoms with van der Waals surface area (Å²) in [5.41, 5.74) is 7.00. The van der Waals surface area contributed by atoms with Gasteiger partial charge in [-0.2, -0.15) is 13.2 Å². The number of alkyl halides is 3. The van der Waals surface area contributed by atoms with Gasteiger partial charge in [0.05, 0.1) is 11.1 Å². The number of hydrogen-bond acceptors (Lipinski definition) is 4. The van der Waals surface area contributed by atoms with Gasteiger partial charge in [0.25, 0.3) is 5.91 Å². The first kappa shape index (κ1) is 25.2. The van der Waals surface area contributed by atoms with Crippen molar-refractivity contribution in [2.75, 3.05) is 55.2 Å². The minimum absolute atomic E-state index is 0.0894. The van der Waals surface area contributed by atoms with Crippen molar-refractivity contribution in [2.45, 2.75) is 26.4 Å². The largest absolute Gasteiger partial charge is 0.416 e. The van der Waals surface area contributed by atoms with E-state index in [0.29, 0.717) is 56.9 Å². The Hall–Kier alpha value is -3.43. The summed E-state index contributed by atoms with van der Waals surface area (Å²) in [6, 6.07) is 9.36. The van der Waals surface area contributed by atoms with E-state index in [9.17, 15) is 22.8 Å². The summed E-state index contributed by atoms with van der Waals surface area (Å²) in [5, 5.41) is 2.56. The van der Waals surface area contributed by atoms with Crippen LogP contribution in [0.3, 0.4) is 0 Å². The molecule has 184 valence electrons. The Balaban J connectivity index is 1.72. The number of anilines is 3. The Morgan fingerprint density at radius 1 is 1.03 bits per heavy atom. The molecule has 0 bridgehead atoms. The molecule has 0 saturated carbocycles. The number of nitrogens with zero attached hydrogens (tertiary/aromatic N) is 3. The first-order valence-corrected chi connectivity index (χ1v) is 11.3. The van der Waals surface area contributed by atoms with E-state index >= 15 is 0 Å². The summed E-state index contributed by atoms with van der Waals surface area (Å²) in [7, 11) is 0. The zero-order chi connectivity index (χ0) is 24.9. The number of hydrogen-bond donors (Lipinski definition) is 2. The van der Waals surface area contributed by atoms with Crippen LogP contribution in [-0.2, 0) is 6.18 Å². The highest BCUT2D eigenvalue weighted by Crippen LogP contribution is 2.31. The second-order valence-electron chi connectivity index (χ2n) is 8.09.